The molecule has 0 aliphatic carbocycles. The van der Waals surface area contributed by atoms with Gasteiger partial charge in [0, 0.05) is 6.42 Å². The zero-order valence-corrected chi connectivity index (χ0v) is 12.4. The van der Waals surface area contributed by atoms with Crippen LogP contribution in [0, 0.1) is 5.92 Å². The molecule has 108 valence electrons. The van der Waals surface area contributed by atoms with Crippen molar-refractivity contribution < 1.29 is 9.90 Å². The van der Waals surface area contributed by atoms with Crippen molar-refractivity contribution in [2.75, 3.05) is 0 Å². The average molecular weight is 256 g/mol. The van der Waals surface area contributed by atoms with Crippen molar-refractivity contribution in [1.82, 2.24) is 0 Å². The van der Waals surface area contributed by atoms with E-state index in [1.165, 1.54) is 57.8 Å². The fourth-order valence-electron chi connectivity index (χ4n) is 2.36. The van der Waals surface area contributed by atoms with E-state index >= 15 is 0 Å². The van der Waals surface area contributed by atoms with Crippen LogP contribution in [0.1, 0.15) is 90.9 Å². The van der Waals surface area contributed by atoms with Gasteiger partial charge in [0.05, 0.1) is 0 Å². The summed E-state index contributed by atoms with van der Waals surface area (Å²) in [5.41, 5.74) is 0. The highest BCUT2D eigenvalue weighted by Gasteiger charge is 2.02. The Morgan fingerprint density at radius 2 is 1.39 bits per heavy atom. The van der Waals surface area contributed by atoms with Gasteiger partial charge in [-0.3, -0.25) is 4.79 Å². The summed E-state index contributed by atoms with van der Waals surface area (Å²) in [4.78, 5) is 10.3. The van der Waals surface area contributed by atoms with Crippen LogP contribution < -0.4 is 0 Å². The summed E-state index contributed by atoms with van der Waals surface area (Å²) in [7, 11) is 0. The van der Waals surface area contributed by atoms with Gasteiger partial charge in [-0.05, 0) is 12.3 Å². The highest BCUT2D eigenvalue weighted by molar-refractivity contribution is 5.66. The van der Waals surface area contributed by atoms with Crippen LogP contribution in [0.5, 0.6) is 0 Å². The molecule has 0 aromatic carbocycles. The number of carboxylic acids is 1. The number of hydrogen-bond donors (Lipinski definition) is 1. The van der Waals surface area contributed by atoms with Gasteiger partial charge in [0.2, 0.25) is 0 Å². The van der Waals surface area contributed by atoms with E-state index < -0.39 is 5.97 Å². The first-order valence-corrected chi connectivity index (χ1v) is 7.88. The molecule has 2 heteroatoms. The Morgan fingerprint density at radius 3 is 1.94 bits per heavy atom. The third-order valence-electron chi connectivity index (χ3n) is 3.64. The highest BCUT2D eigenvalue weighted by Crippen LogP contribution is 2.17. The maximum Gasteiger partial charge on any atom is 0.303 e. The Hall–Kier alpha value is -0.530. The summed E-state index contributed by atoms with van der Waals surface area (Å²) in [5, 5.41) is 8.53. The minimum absolute atomic E-state index is 0.339. The van der Waals surface area contributed by atoms with Gasteiger partial charge in [0.25, 0.3) is 0 Å². The first-order chi connectivity index (χ1) is 8.66. The van der Waals surface area contributed by atoms with Crippen molar-refractivity contribution in [3.63, 3.8) is 0 Å². The molecule has 2 nitrogen and oxygen atoms in total. The molecule has 0 amide bonds. The molecule has 1 atom stereocenters. The van der Waals surface area contributed by atoms with Gasteiger partial charge in [-0.1, -0.05) is 78.1 Å². The van der Waals surface area contributed by atoms with Gasteiger partial charge >= 0.3 is 5.97 Å². The molecule has 0 fully saturated rings. The first-order valence-electron chi connectivity index (χ1n) is 7.88. The number of carbonyl (C=O) groups is 1. The third kappa shape index (κ3) is 13.5. The lowest BCUT2D eigenvalue weighted by molar-refractivity contribution is -0.137. The Bertz CT molecular complexity index is 190. The predicted molar refractivity (Wildman–Crippen MR) is 77.9 cm³/mol. The smallest absolute Gasteiger partial charge is 0.303 e. The molecule has 0 aliphatic heterocycles. The second-order valence-corrected chi connectivity index (χ2v) is 5.65. The third-order valence-corrected chi connectivity index (χ3v) is 3.64. The number of hydrogen-bond acceptors (Lipinski definition) is 1. The summed E-state index contributed by atoms with van der Waals surface area (Å²) in [5.74, 6) is 0.163. The van der Waals surface area contributed by atoms with Crippen molar-refractivity contribution in [2.45, 2.75) is 90.9 Å². The predicted octanol–water partition coefficient (Wildman–Crippen LogP) is 5.41. The minimum Gasteiger partial charge on any atom is -0.481 e. The monoisotopic (exact) mass is 256 g/mol. The number of carboxylic acid groups (broad SMARTS) is 1. The normalized spacial score (nSPS) is 12.6. The molecule has 0 rings (SSSR count). The molecular formula is C16H32O2. The Balaban J connectivity index is 3.17. The Labute approximate surface area is 113 Å². The van der Waals surface area contributed by atoms with Crippen LogP contribution in [0.4, 0.5) is 0 Å². The molecule has 0 saturated carbocycles. The van der Waals surface area contributed by atoms with Crippen LogP contribution in [0.15, 0.2) is 0 Å². The van der Waals surface area contributed by atoms with E-state index in [2.05, 4.69) is 13.8 Å². The van der Waals surface area contributed by atoms with Crippen LogP contribution in [0.3, 0.4) is 0 Å². The molecule has 0 bridgehead atoms. The zero-order chi connectivity index (χ0) is 13.6. The lowest BCUT2D eigenvalue weighted by Crippen LogP contribution is -1.97. The summed E-state index contributed by atoms with van der Waals surface area (Å²) in [6.45, 7) is 4.59. The van der Waals surface area contributed by atoms with E-state index in [-0.39, 0.29) is 0 Å². The maximum atomic E-state index is 10.3. The molecule has 0 radical (unpaired) electrons. The van der Waals surface area contributed by atoms with E-state index in [0.29, 0.717) is 6.42 Å². The van der Waals surface area contributed by atoms with Gasteiger partial charge in [0.15, 0.2) is 0 Å². The van der Waals surface area contributed by atoms with Crippen LogP contribution in [0.2, 0.25) is 0 Å². The summed E-state index contributed by atoms with van der Waals surface area (Å²) in [6.07, 6.45) is 14.4. The quantitative estimate of drug-likeness (QED) is 0.447. The lowest BCUT2D eigenvalue weighted by atomic mass is 9.96. The summed E-state index contributed by atoms with van der Waals surface area (Å²) in [6, 6.07) is 0. The van der Waals surface area contributed by atoms with Crippen LogP contribution >= 0.6 is 0 Å². The van der Waals surface area contributed by atoms with Gasteiger partial charge in [0.1, 0.15) is 0 Å². The van der Waals surface area contributed by atoms with Crippen LogP contribution in [-0.2, 0) is 4.79 Å². The fourth-order valence-corrected chi connectivity index (χ4v) is 2.36. The Morgan fingerprint density at radius 1 is 0.889 bits per heavy atom. The Kier molecular flexibility index (Phi) is 12.5. The number of unbranched alkanes of at least 4 members (excludes halogenated alkanes) is 7. The minimum atomic E-state index is -0.657. The van der Waals surface area contributed by atoms with E-state index in [1.807, 2.05) is 0 Å². The standard InChI is InChI=1S/C16H32O2/c1-3-4-5-6-7-9-12-15(2)13-10-8-11-14-16(17)18/h15H,3-14H2,1-2H3,(H,17,18). The molecule has 1 N–H and O–H groups in total. The first kappa shape index (κ1) is 17.5. The second-order valence-electron chi connectivity index (χ2n) is 5.65. The lowest BCUT2D eigenvalue weighted by Gasteiger charge is -2.10. The van der Waals surface area contributed by atoms with Crippen molar-refractivity contribution in [1.29, 1.82) is 0 Å². The zero-order valence-electron chi connectivity index (χ0n) is 12.4. The average Bonchev–Trinajstić information content (AvgIpc) is 2.33. The molecule has 0 aliphatic rings. The van der Waals surface area contributed by atoms with Gasteiger partial charge in [-0.15, -0.1) is 0 Å². The molecular weight excluding hydrogens is 224 g/mol. The van der Waals surface area contributed by atoms with E-state index in [0.717, 1.165) is 18.8 Å². The van der Waals surface area contributed by atoms with Gasteiger partial charge < -0.3 is 5.11 Å². The van der Waals surface area contributed by atoms with Crippen molar-refractivity contribution >= 4 is 5.97 Å². The van der Waals surface area contributed by atoms with Gasteiger partial charge in [-0.2, -0.15) is 0 Å². The molecule has 1 unspecified atom stereocenters. The maximum absolute atomic E-state index is 10.3. The van der Waals surface area contributed by atoms with E-state index in [4.69, 9.17) is 5.11 Å². The molecule has 0 spiro atoms. The van der Waals surface area contributed by atoms with Crippen molar-refractivity contribution in [3.8, 4) is 0 Å². The van der Waals surface area contributed by atoms with Crippen molar-refractivity contribution in [3.05, 3.63) is 0 Å². The summed E-state index contributed by atoms with van der Waals surface area (Å²) < 4.78 is 0. The summed E-state index contributed by atoms with van der Waals surface area (Å²) >= 11 is 0. The topological polar surface area (TPSA) is 37.3 Å². The van der Waals surface area contributed by atoms with E-state index in [1.54, 1.807) is 0 Å². The molecule has 0 aromatic rings. The molecule has 0 saturated heterocycles. The highest BCUT2D eigenvalue weighted by atomic mass is 16.4. The van der Waals surface area contributed by atoms with Crippen LogP contribution in [0.25, 0.3) is 0 Å². The number of rotatable bonds is 13. The van der Waals surface area contributed by atoms with E-state index in [9.17, 15) is 4.79 Å². The molecule has 0 heterocycles. The fraction of sp³-hybridized carbons (Fsp3) is 0.938. The molecule has 18 heavy (non-hydrogen) atoms. The number of aliphatic carboxylic acids is 1. The second kappa shape index (κ2) is 12.9. The van der Waals surface area contributed by atoms with Crippen LogP contribution in [-0.4, -0.2) is 11.1 Å². The van der Waals surface area contributed by atoms with Crippen molar-refractivity contribution in [2.24, 2.45) is 5.92 Å². The SMILES string of the molecule is CCCCCCCCC(C)CCCCCC(=O)O. The largest absolute Gasteiger partial charge is 0.481 e. The molecule has 0 aromatic heterocycles. The van der Waals surface area contributed by atoms with Gasteiger partial charge in [-0.25, -0.2) is 0 Å².